The Balaban J connectivity index is 3.96. The smallest absolute Gasteiger partial charge is 0.336 e. The molecule has 0 bridgehead atoms. The lowest BCUT2D eigenvalue weighted by Gasteiger charge is -2.21. The summed E-state index contributed by atoms with van der Waals surface area (Å²) in [7, 11) is 0. The molecule has 0 aromatic heterocycles. The first kappa shape index (κ1) is 24.9. The number of ether oxygens (including phenoxy) is 3. The number of unbranched alkanes of at least 4 members (excludes halogenated alkanes) is 9. The van der Waals surface area contributed by atoms with Crippen molar-refractivity contribution in [3.8, 4) is 0 Å². The molecule has 5 heteroatoms. The summed E-state index contributed by atoms with van der Waals surface area (Å²) in [5.74, 6) is -1.56. The Morgan fingerprint density at radius 3 is 1.65 bits per heavy atom. The first-order valence-corrected chi connectivity index (χ1v) is 10.5. The highest BCUT2D eigenvalue weighted by Gasteiger charge is 2.33. The standard InChI is InChI=1S/C21H40O5/c1-5-8-9-10-11-12-13-14-15-16-17-26-19(21(23)25-7-3)18(4)20(22)24-6-2/h18-19H,5-17H2,1-4H3. The molecule has 0 spiro atoms. The molecule has 0 fully saturated rings. The summed E-state index contributed by atoms with van der Waals surface area (Å²) in [5.41, 5.74) is 0. The Bertz CT molecular complexity index is 356. The molecule has 0 aliphatic rings. The normalized spacial score (nSPS) is 13.2. The van der Waals surface area contributed by atoms with Gasteiger partial charge >= 0.3 is 11.9 Å². The minimum atomic E-state index is -0.882. The van der Waals surface area contributed by atoms with Gasteiger partial charge in [0.25, 0.3) is 0 Å². The largest absolute Gasteiger partial charge is 0.466 e. The highest BCUT2D eigenvalue weighted by Crippen LogP contribution is 2.14. The van der Waals surface area contributed by atoms with E-state index >= 15 is 0 Å². The highest BCUT2D eigenvalue weighted by molar-refractivity contribution is 5.83. The van der Waals surface area contributed by atoms with E-state index in [1.807, 2.05) is 0 Å². The van der Waals surface area contributed by atoms with E-state index in [2.05, 4.69) is 6.92 Å². The number of carbonyl (C=O) groups excluding carboxylic acids is 2. The first-order valence-electron chi connectivity index (χ1n) is 10.5. The van der Waals surface area contributed by atoms with Gasteiger partial charge in [-0.25, -0.2) is 4.79 Å². The molecule has 0 radical (unpaired) electrons. The van der Waals surface area contributed by atoms with Crippen LogP contribution in [0, 0.1) is 5.92 Å². The molecule has 0 saturated carbocycles. The molecule has 0 heterocycles. The lowest BCUT2D eigenvalue weighted by atomic mass is 10.0. The van der Waals surface area contributed by atoms with Crippen LogP contribution in [0.4, 0.5) is 0 Å². The Morgan fingerprint density at radius 1 is 0.692 bits per heavy atom. The summed E-state index contributed by atoms with van der Waals surface area (Å²) in [5, 5.41) is 0. The maximum Gasteiger partial charge on any atom is 0.336 e. The fourth-order valence-corrected chi connectivity index (χ4v) is 2.84. The molecule has 0 N–H and O–H groups in total. The third-order valence-corrected chi connectivity index (χ3v) is 4.43. The van der Waals surface area contributed by atoms with E-state index in [0.29, 0.717) is 6.61 Å². The topological polar surface area (TPSA) is 61.8 Å². The molecule has 0 amide bonds. The number of rotatable bonds is 17. The van der Waals surface area contributed by atoms with Gasteiger partial charge in [-0.15, -0.1) is 0 Å². The van der Waals surface area contributed by atoms with Crippen molar-refractivity contribution >= 4 is 11.9 Å². The van der Waals surface area contributed by atoms with Gasteiger partial charge in [0, 0.05) is 6.61 Å². The summed E-state index contributed by atoms with van der Waals surface area (Å²) in [6, 6.07) is 0. The monoisotopic (exact) mass is 372 g/mol. The van der Waals surface area contributed by atoms with Crippen molar-refractivity contribution in [2.24, 2.45) is 5.92 Å². The van der Waals surface area contributed by atoms with Gasteiger partial charge in [-0.3, -0.25) is 4.79 Å². The second-order valence-corrected chi connectivity index (χ2v) is 6.77. The van der Waals surface area contributed by atoms with E-state index < -0.39 is 24.0 Å². The quantitative estimate of drug-likeness (QED) is 0.264. The van der Waals surface area contributed by atoms with Crippen molar-refractivity contribution in [3.05, 3.63) is 0 Å². The van der Waals surface area contributed by atoms with Crippen molar-refractivity contribution in [1.82, 2.24) is 0 Å². The van der Waals surface area contributed by atoms with Crippen molar-refractivity contribution in [3.63, 3.8) is 0 Å². The van der Waals surface area contributed by atoms with Crippen LogP contribution in [-0.4, -0.2) is 37.9 Å². The summed E-state index contributed by atoms with van der Waals surface area (Å²) >= 11 is 0. The second-order valence-electron chi connectivity index (χ2n) is 6.77. The SMILES string of the molecule is CCCCCCCCCCCCOC(C(=O)OCC)C(C)C(=O)OCC. The van der Waals surface area contributed by atoms with Crippen LogP contribution in [0.3, 0.4) is 0 Å². The Morgan fingerprint density at radius 2 is 1.15 bits per heavy atom. The van der Waals surface area contributed by atoms with E-state index in [1.54, 1.807) is 20.8 Å². The summed E-state index contributed by atoms with van der Waals surface area (Å²) < 4.78 is 15.7. The molecule has 2 unspecified atom stereocenters. The van der Waals surface area contributed by atoms with Crippen molar-refractivity contribution in [1.29, 1.82) is 0 Å². The summed E-state index contributed by atoms with van der Waals surface area (Å²) in [4.78, 5) is 23.9. The molecule has 0 rings (SSSR count). The van der Waals surface area contributed by atoms with Crippen LogP contribution in [-0.2, 0) is 23.8 Å². The fourth-order valence-electron chi connectivity index (χ4n) is 2.84. The average Bonchev–Trinajstić information content (AvgIpc) is 2.62. The zero-order valence-corrected chi connectivity index (χ0v) is 17.4. The first-order chi connectivity index (χ1) is 12.6. The van der Waals surface area contributed by atoms with E-state index in [9.17, 15) is 9.59 Å². The van der Waals surface area contributed by atoms with Crippen LogP contribution in [0.1, 0.15) is 91.9 Å². The van der Waals surface area contributed by atoms with Crippen LogP contribution in [0.25, 0.3) is 0 Å². The van der Waals surface area contributed by atoms with Gasteiger partial charge in [-0.2, -0.15) is 0 Å². The third kappa shape index (κ3) is 12.3. The maximum atomic E-state index is 12.1. The third-order valence-electron chi connectivity index (χ3n) is 4.43. The number of hydrogen-bond donors (Lipinski definition) is 0. The summed E-state index contributed by atoms with van der Waals surface area (Å²) in [6.45, 7) is 8.40. The fraction of sp³-hybridized carbons (Fsp3) is 0.905. The predicted molar refractivity (Wildman–Crippen MR) is 104 cm³/mol. The minimum absolute atomic E-state index is 0.270. The predicted octanol–water partition coefficient (Wildman–Crippen LogP) is 5.05. The van der Waals surface area contributed by atoms with E-state index in [0.717, 1.165) is 12.8 Å². The highest BCUT2D eigenvalue weighted by atomic mass is 16.6. The molecule has 0 saturated heterocycles. The van der Waals surface area contributed by atoms with E-state index in [-0.39, 0.29) is 13.2 Å². The van der Waals surface area contributed by atoms with Gasteiger partial charge in [-0.1, -0.05) is 64.7 Å². The Labute approximate surface area is 160 Å². The lowest BCUT2D eigenvalue weighted by Crippen LogP contribution is -2.38. The number of hydrogen-bond acceptors (Lipinski definition) is 5. The van der Waals surface area contributed by atoms with Gasteiger partial charge in [0.05, 0.1) is 19.1 Å². The molecule has 154 valence electrons. The molecule has 26 heavy (non-hydrogen) atoms. The molecular weight excluding hydrogens is 332 g/mol. The molecular formula is C21H40O5. The van der Waals surface area contributed by atoms with Crippen molar-refractivity contribution < 1.29 is 23.8 Å². The Hall–Kier alpha value is -1.10. The van der Waals surface area contributed by atoms with Crippen LogP contribution in [0.15, 0.2) is 0 Å². The molecule has 0 aromatic rings. The van der Waals surface area contributed by atoms with E-state index in [1.165, 1.54) is 51.4 Å². The van der Waals surface area contributed by atoms with Crippen molar-refractivity contribution in [2.75, 3.05) is 19.8 Å². The average molecular weight is 373 g/mol. The van der Waals surface area contributed by atoms with Crippen LogP contribution < -0.4 is 0 Å². The molecule has 0 aliphatic carbocycles. The molecule has 0 aliphatic heterocycles. The minimum Gasteiger partial charge on any atom is -0.466 e. The van der Waals surface area contributed by atoms with Gasteiger partial charge in [0.15, 0.2) is 6.10 Å². The maximum absolute atomic E-state index is 12.1. The molecule has 0 aromatic carbocycles. The van der Waals surface area contributed by atoms with Crippen molar-refractivity contribution in [2.45, 2.75) is 98.0 Å². The number of esters is 2. The zero-order valence-electron chi connectivity index (χ0n) is 17.4. The van der Waals surface area contributed by atoms with Crippen LogP contribution in [0.2, 0.25) is 0 Å². The van der Waals surface area contributed by atoms with Crippen LogP contribution >= 0.6 is 0 Å². The van der Waals surface area contributed by atoms with Gasteiger partial charge in [-0.05, 0) is 27.2 Å². The summed E-state index contributed by atoms with van der Waals surface area (Å²) in [6.07, 6.45) is 11.5. The van der Waals surface area contributed by atoms with Gasteiger partial charge in [0.2, 0.25) is 0 Å². The molecule has 2 atom stereocenters. The van der Waals surface area contributed by atoms with Crippen LogP contribution in [0.5, 0.6) is 0 Å². The number of carbonyl (C=O) groups is 2. The Kier molecular flexibility index (Phi) is 16.6. The van der Waals surface area contributed by atoms with Gasteiger partial charge < -0.3 is 14.2 Å². The lowest BCUT2D eigenvalue weighted by molar-refractivity contribution is -0.169. The zero-order chi connectivity index (χ0) is 19.6. The van der Waals surface area contributed by atoms with E-state index in [4.69, 9.17) is 14.2 Å². The molecule has 5 nitrogen and oxygen atoms in total. The second kappa shape index (κ2) is 17.3. The van der Waals surface area contributed by atoms with Gasteiger partial charge in [0.1, 0.15) is 0 Å².